The summed E-state index contributed by atoms with van der Waals surface area (Å²) in [5.41, 5.74) is 1.99. The van der Waals surface area contributed by atoms with E-state index < -0.39 is 0 Å². The van der Waals surface area contributed by atoms with Crippen molar-refractivity contribution in [1.29, 1.82) is 0 Å². The molecule has 0 heterocycles. The Morgan fingerprint density at radius 3 is 2.56 bits per heavy atom. The van der Waals surface area contributed by atoms with E-state index in [4.69, 9.17) is 9.47 Å². The van der Waals surface area contributed by atoms with Crippen molar-refractivity contribution >= 4 is 35.8 Å². The molecule has 27 heavy (non-hydrogen) atoms. The zero-order valence-electron chi connectivity index (χ0n) is 15.9. The number of carbonyl (C=O) groups is 1. The van der Waals surface area contributed by atoms with Crippen LogP contribution in [0.4, 0.5) is 5.69 Å². The van der Waals surface area contributed by atoms with Gasteiger partial charge in [-0.2, -0.15) is 0 Å². The number of amides is 1. The molecule has 2 aromatic carbocycles. The molecule has 0 atom stereocenters. The molecular weight excluding hydrogens is 384 g/mol. The molecule has 2 rings (SSSR count). The summed E-state index contributed by atoms with van der Waals surface area (Å²) in [5, 5.41) is 6.24. The Morgan fingerprint density at radius 2 is 1.85 bits per heavy atom. The average molecular weight is 411 g/mol. The van der Waals surface area contributed by atoms with E-state index in [2.05, 4.69) is 17.6 Å². The molecule has 0 aliphatic rings. The molecular formula is C20H27ClN2O3S. The monoisotopic (exact) mass is 410 g/mol. The number of halogens is 1. The number of benzene rings is 2. The quantitative estimate of drug-likeness (QED) is 0.570. The number of ether oxygens (including phenoxy) is 2. The molecule has 2 aromatic rings. The topological polar surface area (TPSA) is 59.6 Å². The van der Waals surface area contributed by atoms with Crippen LogP contribution in [0.5, 0.6) is 11.5 Å². The summed E-state index contributed by atoms with van der Waals surface area (Å²) >= 11 is 1.62. The summed E-state index contributed by atoms with van der Waals surface area (Å²) in [4.78, 5) is 13.2. The SMILES string of the molecule is CCNCc1cccc(NC(=O)CCSc2ccc(OC)c(OC)c2)c1.Cl. The Bertz CT molecular complexity index is 728. The number of hydrogen-bond acceptors (Lipinski definition) is 5. The molecule has 0 bridgehead atoms. The van der Waals surface area contributed by atoms with E-state index in [9.17, 15) is 4.79 Å². The van der Waals surface area contributed by atoms with Gasteiger partial charge in [0, 0.05) is 29.3 Å². The molecule has 0 saturated carbocycles. The van der Waals surface area contributed by atoms with E-state index >= 15 is 0 Å². The molecule has 7 heteroatoms. The number of nitrogens with one attached hydrogen (secondary N) is 2. The lowest BCUT2D eigenvalue weighted by atomic mass is 10.2. The predicted octanol–water partition coefficient (Wildman–Crippen LogP) is 4.36. The summed E-state index contributed by atoms with van der Waals surface area (Å²) in [6, 6.07) is 13.7. The van der Waals surface area contributed by atoms with Crippen molar-refractivity contribution in [3.63, 3.8) is 0 Å². The van der Waals surface area contributed by atoms with Gasteiger partial charge < -0.3 is 20.1 Å². The standard InChI is InChI=1S/C20H26N2O3S.ClH/c1-4-21-14-15-6-5-7-16(12-15)22-20(23)10-11-26-17-8-9-18(24-2)19(13-17)25-3;/h5-9,12-13,21H,4,10-11,14H2,1-3H3,(H,22,23);1H. The van der Waals surface area contributed by atoms with E-state index in [1.54, 1.807) is 26.0 Å². The van der Waals surface area contributed by atoms with E-state index in [0.29, 0.717) is 23.7 Å². The molecule has 148 valence electrons. The summed E-state index contributed by atoms with van der Waals surface area (Å²) < 4.78 is 10.5. The Hall–Kier alpha value is -1.89. The minimum atomic E-state index is 0. The molecule has 2 N–H and O–H groups in total. The van der Waals surface area contributed by atoms with Crippen molar-refractivity contribution in [2.24, 2.45) is 0 Å². The van der Waals surface area contributed by atoms with Crippen molar-refractivity contribution in [3.05, 3.63) is 48.0 Å². The molecule has 0 aliphatic heterocycles. The third-order valence-corrected chi connectivity index (χ3v) is 4.74. The van der Waals surface area contributed by atoms with Crippen molar-refractivity contribution in [1.82, 2.24) is 5.32 Å². The van der Waals surface area contributed by atoms with E-state index in [1.165, 1.54) is 0 Å². The Kier molecular flexibility index (Phi) is 10.7. The second-order valence-corrected chi connectivity index (χ2v) is 6.81. The number of methoxy groups -OCH3 is 2. The van der Waals surface area contributed by atoms with E-state index in [1.807, 2.05) is 42.5 Å². The van der Waals surface area contributed by atoms with Crippen LogP contribution in [0, 0.1) is 0 Å². The van der Waals surface area contributed by atoms with Gasteiger partial charge in [0.25, 0.3) is 0 Å². The minimum Gasteiger partial charge on any atom is -0.493 e. The zero-order valence-corrected chi connectivity index (χ0v) is 17.5. The highest BCUT2D eigenvalue weighted by atomic mass is 35.5. The lowest BCUT2D eigenvalue weighted by molar-refractivity contribution is -0.115. The number of rotatable bonds is 10. The van der Waals surface area contributed by atoms with Gasteiger partial charge in [0.15, 0.2) is 11.5 Å². The largest absolute Gasteiger partial charge is 0.493 e. The number of anilines is 1. The highest BCUT2D eigenvalue weighted by Gasteiger charge is 2.07. The highest BCUT2D eigenvalue weighted by molar-refractivity contribution is 7.99. The van der Waals surface area contributed by atoms with Gasteiger partial charge in [-0.15, -0.1) is 24.2 Å². The summed E-state index contributed by atoms with van der Waals surface area (Å²) in [6.07, 6.45) is 0.441. The fraction of sp³-hybridized carbons (Fsp3) is 0.350. The maximum absolute atomic E-state index is 12.2. The van der Waals surface area contributed by atoms with Gasteiger partial charge in [-0.1, -0.05) is 19.1 Å². The second kappa shape index (κ2) is 12.5. The third-order valence-electron chi connectivity index (χ3n) is 3.74. The minimum absolute atomic E-state index is 0. The molecule has 0 fully saturated rings. The van der Waals surface area contributed by atoms with Crippen molar-refractivity contribution < 1.29 is 14.3 Å². The van der Waals surface area contributed by atoms with Gasteiger partial charge in [0.1, 0.15) is 0 Å². The van der Waals surface area contributed by atoms with E-state index in [-0.39, 0.29) is 18.3 Å². The fourth-order valence-corrected chi connectivity index (χ4v) is 3.30. The van der Waals surface area contributed by atoms with Gasteiger partial charge >= 0.3 is 0 Å². The van der Waals surface area contributed by atoms with Crippen LogP contribution in [0.3, 0.4) is 0 Å². The Morgan fingerprint density at radius 1 is 1.07 bits per heavy atom. The molecule has 0 aliphatic carbocycles. The maximum atomic E-state index is 12.2. The molecule has 0 unspecified atom stereocenters. The van der Waals surface area contributed by atoms with Crippen LogP contribution >= 0.6 is 24.2 Å². The predicted molar refractivity (Wildman–Crippen MR) is 115 cm³/mol. The second-order valence-electron chi connectivity index (χ2n) is 5.64. The summed E-state index contributed by atoms with van der Waals surface area (Å²) in [6.45, 7) is 3.79. The summed E-state index contributed by atoms with van der Waals surface area (Å²) in [5.74, 6) is 2.10. The lowest BCUT2D eigenvalue weighted by Gasteiger charge is -2.10. The van der Waals surface area contributed by atoms with Gasteiger partial charge in [0.05, 0.1) is 14.2 Å². The van der Waals surface area contributed by atoms with E-state index in [0.717, 1.165) is 29.2 Å². The maximum Gasteiger partial charge on any atom is 0.225 e. The van der Waals surface area contributed by atoms with Gasteiger partial charge in [-0.25, -0.2) is 0 Å². The molecule has 0 aromatic heterocycles. The van der Waals surface area contributed by atoms with Gasteiger partial charge in [0.2, 0.25) is 5.91 Å². The van der Waals surface area contributed by atoms with Crippen LogP contribution in [0.1, 0.15) is 18.9 Å². The number of hydrogen-bond donors (Lipinski definition) is 2. The Labute approximate surface area is 171 Å². The third kappa shape index (κ3) is 7.71. The van der Waals surface area contributed by atoms with Gasteiger partial charge in [-0.3, -0.25) is 4.79 Å². The van der Waals surface area contributed by atoms with Crippen molar-refractivity contribution in [2.75, 3.05) is 31.8 Å². The number of thioether (sulfide) groups is 1. The van der Waals surface area contributed by atoms with Crippen LogP contribution in [0.15, 0.2) is 47.4 Å². The first-order chi connectivity index (χ1) is 12.7. The van der Waals surface area contributed by atoms with Crippen LogP contribution in [0.2, 0.25) is 0 Å². The smallest absolute Gasteiger partial charge is 0.225 e. The first-order valence-corrected chi connectivity index (χ1v) is 9.59. The number of carbonyl (C=O) groups excluding carboxylic acids is 1. The Balaban J connectivity index is 0.00000364. The first kappa shape index (κ1) is 23.1. The van der Waals surface area contributed by atoms with Crippen LogP contribution < -0.4 is 20.1 Å². The fourth-order valence-electron chi connectivity index (χ4n) is 2.42. The van der Waals surface area contributed by atoms with Crippen LogP contribution in [-0.4, -0.2) is 32.4 Å². The molecule has 1 amide bonds. The summed E-state index contributed by atoms with van der Waals surface area (Å²) in [7, 11) is 3.23. The lowest BCUT2D eigenvalue weighted by Crippen LogP contribution is -2.14. The van der Waals surface area contributed by atoms with Crippen LogP contribution in [-0.2, 0) is 11.3 Å². The van der Waals surface area contributed by atoms with Gasteiger partial charge in [-0.05, 0) is 42.4 Å². The highest BCUT2D eigenvalue weighted by Crippen LogP contribution is 2.32. The zero-order chi connectivity index (χ0) is 18.8. The van der Waals surface area contributed by atoms with Crippen molar-refractivity contribution in [3.8, 4) is 11.5 Å². The molecule has 5 nitrogen and oxygen atoms in total. The average Bonchev–Trinajstić information content (AvgIpc) is 2.66. The van der Waals surface area contributed by atoms with Crippen molar-refractivity contribution in [2.45, 2.75) is 24.8 Å². The normalized spacial score (nSPS) is 10.0. The molecule has 0 radical (unpaired) electrons. The molecule has 0 spiro atoms. The molecule has 0 saturated heterocycles. The van der Waals surface area contributed by atoms with Crippen LogP contribution in [0.25, 0.3) is 0 Å². The first-order valence-electron chi connectivity index (χ1n) is 8.60.